The number of benzene rings is 2. The van der Waals surface area contributed by atoms with Crippen molar-refractivity contribution in [1.82, 2.24) is 14.8 Å². The molecule has 4 fully saturated rings. The van der Waals surface area contributed by atoms with Gasteiger partial charge in [-0.15, -0.1) is 0 Å². The molecule has 1 aliphatic carbocycles. The summed E-state index contributed by atoms with van der Waals surface area (Å²) in [7, 11) is 0. The fraction of sp³-hybridized carbons (Fsp3) is 0.419. The monoisotopic (exact) mass is 465 g/mol. The number of likely N-dealkylation sites (tertiary alicyclic amines) is 1. The largest absolute Gasteiger partial charge is 0.334 e. The highest BCUT2D eigenvalue weighted by Crippen LogP contribution is 2.54. The molecule has 2 aromatic carbocycles. The van der Waals surface area contributed by atoms with Gasteiger partial charge in [-0.3, -0.25) is 14.7 Å². The molecule has 2 bridgehead atoms. The van der Waals surface area contributed by atoms with Crippen molar-refractivity contribution < 1.29 is 4.79 Å². The molecule has 0 spiro atoms. The zero-order valence-electron chi connectivity index (χ0n) is 20.4. The van der Waals surface area contributed by atoms with Gasteiger partial charge >= 0.3 is 0 Å². The number of amides is 1. The van der Waals surface area contributed by atoms with E-state index in [1.54, 1.807) is 12.4 Å². The summed E-state index contributed by atoms with van der Waals surface area (Å²) < 4.78 is 0. The Morgan fingerprint density at radius 3 is 1.89 bits per heavy atom. The van der Waals surface area contributed by atoms with E-state index >= 15 is 0 Å². The third-order valence-electron chi connectivity index (χ3n) is 8.87. The molecule has 4 heteroatoms. The summed E-state index contributed by atoms with van der Waals surface area (Å²) in [5.41, 5.74) is 3.62. The number of piperidine rings is 1. The fourth-order valence-electron chi connectivity index (χ4n) is 7.25. The van der Waals surface area contributed by atoms with Crippen molar-refractivity contribution in [2.45, 2.75) is 61.9 Å². The Balaban J connectivity index is 1.50. The summed E-state index contributed by atoms with van der Waals surface area (Å²) in [6.45, 7) is 3.19. The van der Waals surface area contributed by atoms with Crippen LogP contribution in [0.1, 0.15) is 71.8 Å². The van der Waals surface area contributed by atoms with Gasteiger partial charge in [-0.1, -0.05) is 67.1 Å². The van der Waals surface area contributed by atoms with Crippen molar-refractivity contribution in [3.05, 3.63) is 102 Å². The van der Waals surface area contributed by atoms with Crippen molar-refractivity contribution in [3.63, 3.8) is 0 Å². The highest BCUT2D eigenvalue weighted by Gasteiger charge is 2.55. The van der Waals surface area contributed by atoms with Gasteiger partial charge in [-0.25, -0.2) is 0 Å². The Hall–Kier alpha value is -2.98. The average Bonchev–Trinajstić information content (AvgIpc) is 3.23. The van der Waals surface area contributed by atoms with Crippen LogP contribution in [-0.2, 0) is 0 Å². The second-order valence-electron chi connectivity index (χ2n) is 10.7. The highest BCUT2D eigenvalue weighted by atomic mass is 16.2. The number of carbonyl (C=O) groups is 1. The van der Waals surface area contributed by atoms with Crippen molar-refractivity contribution in [2.75, 3.05) is 19.6 Å². The van der Waals surface area contributed by atoms with Crippen LogP contribution in [0.3, 0.4) is 0 Å². The molecule has 180 valence electrons. The van der Waals surface area contributed by atoms with Crippen molar-refractivity contribution in [3.8, 4) is 0 Å². The van der Waals surface area contributed by atoms with Gasteiger partial charge in [0.15, 0.2) is 0 Å². The molecule has 4 heterocycles. The molecule has 3 saturated heterocycles. The van der Waals surface area contributed by atoms with Crippen LogP contribution in [0, 0.1) is 0 Å². The van der Waals surface area contributed by atoms with Crippen LogP contribution in [0.2, 0.25) is 0 Å². The Bertz CT molecular complexity index is 1080. The lowest BCUT2D eigenvalue weighted by Gasteiger charge is -2.53. The normalized spacial score (nSPS) is 29.0. The van der Waals surface area contributed by atoms with Gasteiger partial charge in [0, 0.05) is 47.9 Å². The summed E-state index contributed by atoms with van der Waals surface area (Å²) in [5, 5.41) is 0. The van der Waals surface area contributed by atoms with E-state index in [0.29, 0.717) is 11.8 Å². The Kier molecular flexibility index (Phi) is 6.15. The number of hydrogen-bond donors (Lipinski definition) is 0. The Labute approximate surface area is 209 Å². The first-order chi connectivity index (χ1) is 17.3. The molecule has 7 rings (SSSR count). The molecule has 2 atom stereocenters. The molecule has 4 nitrogen and oxygen atoms in total. The van der Waals surface area contributed by atoms with Gasteiger partial charge in [0.2, 0.25) is 0 Å². The number of hydrogen-bond acceptors (Lipinski definition) is 3. The topological polar surface area (TPSA) is 36.4 Å². The molecule has 1 aromatic heterocycles. The van der Waals surface area contributed by atoms with E-state index in [0.717, 1.165) is 31.4 Å². The van der Waals surface area contributed by atoms with Crippen LogP contribution in [0.4, 0.5) is 0 Å². The van der Waals surface area contributed by atoms with Gasteiger partial charge in [-0.05, 0) is 68.5 Å². The predicted molar refractivity (Wildman–Crippen MR) is 139 cm³/mol. The summed E-state index contributed by atoms with van der Waals surface area (Å²) in [4.78, 5) is 23.3. The molecule has 1 amide bonds. The quantitative estimate of drug-likeness (QED) is 0.483. The van der Waals surface area contributed by atoms with Crippen LogP contribution in [0.5, 0.6) is 0 Å². The second-order valence-corrected chi connectivity index (χ2v) is 10.7. The van der Waals surface area contributed by atoms with Crippen LogP contribution >= 0.6 is 0 Å². The molecular weight excluding hydrogens is 430 g/mol. The first kappa shape index (κ1) is 22.5. The van der Waals surface area contributed by atoms with Gasteiger partial charge in [-0.2, -0.15) is 0 Å². The van der Waals surface area contributed by atoms with E-state index in [1.807, 2.05) is 12.1 Å². The van der Waals surface area contributed by atoms with Gasteiger partial charge in [0.1, 0.15) is 0 Å². The van der Waals surface area contributed by atoms with Crippen molar-refractivity contribution in [1.29, 1.82) is 0 Å². The highest BCUT2D eigenvalue weighted by molar-refractivity contribution is 5.94. The van der Waals surface area contributed by atoms with Gasteiger partial charge in [0.05, 0.1) is 0 Å². The maximum Gasteiger partial charge on any atom is 0.254 e. The summed E-state index contributed by atoms with van der Waals surface area (Å²) in [5.74, 6) is 0.770. The van der Waals surface area contributed by atoms with E-state index < -0.39 is 0 Å². The summed E-state index contributed by atoms with van der Waals surface area (Å²) in [6, 6.07) is 25.9. The number of pyridine rings is 1. The van der Waals surface area contributed by atoms with E-state index in [-0.39, 0.29) is 17.5 Å². The second kappa shape index (κ2) is 9.58. The van der Waals surface area contributed by atoms with Gasteiger partial charge < -0.3 is 4.90 Å². The summed E-state index contributed by atoms with van der Waals surface area (Å²) in [6.07, 6.45) is 10.7. The van der Waals surface area contributed by atoms with E-state index in [4.69, 9.17) is 0 Å². The minimum absolute atomic E-state index is 0.130. The zero-order chi connectivity index (χ0) is 23.7. The minimum Gasteiger partial charge on any atom is -0.334 e. The van der Waals surface area contributed by atoms with Gasteiger partial charge in [0.25, 0.3) is 5.91 Å². The average molecular weight is 466 g/mol. The predicted octanol–water partition coefficient (Wildman–Crippen LogP) is 5.88. The Morgan fingerprint density at radius 2 is 1.31 bits per heavy atom. The molecule has 3 aromatic rings. The maximum absolute atomic E-state index is 14.1. The molecule has 3 aliphatic heterocycles. The zero-order valence-corrected chi connectivity index (χ0v) is 20.4. The molecule has 35 heavy (non-hydrogen) atoms. The van der Waals surface area contributed by atoms with Crippen LogP contribution in [-0.4, -0.2) is 51.9 Å². The lowest BCUT2D eigenvalue weighted by atomic mass is 9.63. The molecule has 2 unspecified atom stereocenters. The first-order valence-electron chi connectivity index (χ1n) is 13.3. The number of aromatic nitrogens is 1. The maximum atomic E-state index is 14.1. The molecule has 1 saturated carbocycles. The van der Waals surface area contributed by atoms with Crippen molar-refractivity contribution >= 4 is 5.91 Å². The smallest absolute Gasteiger partial charge is 0.254 e. The number of rotatable bonds is 4. The number of carbonyl (C=O) groups excluding carboxylic acids is 1. The van der Waals surface area contributed by atoms with E-state index in [1.165, 1.54) is 43.5 Å². The SMILES string of the molecule is O=C(c1ccncc1)N1CCC2(N3CCCCC3)CC(c3ccccc3)C1C(c1ccccc1)C2. The summed E-state index contributed by atoms with van der Waals surface area (Å²) >= 11 is 0. The van der Waals surface area contributed by atoms with Crippen LogP contribution < -0.4 is 0 Å². The molecule has 0 radical (unpaired) electrons. The van der Waals surface area contributed by atoms with Crippen LogP contribution in [0.15, 0.2) is 85.2 Å². The minimum atomic E-state index is 0.130. The lowest BCUT2D eigenvalue weighted by molar-refractivity contribution is 0.0160. The number of fused-ring (bicyclic) bond motifs is 4. The van der Waals surface area contributed by atoms with Crippen LogP contribution in [0.25, 0.3) is 0 Å². The molecular formula is C31H35N3O. The fourth-order valence-corrected chi connectivity index (χ4v) is 7.25. The Morgan fingerprint density at radius 1 is 0.743 bits per heavy atom. The van der Waals surface area contributed by atoms with E-state index in [2.05, 4.69) is 75.4 Å². The first-order valence-corrected chi connectivity index (χ1v) is 13.3. The van der Waals surface area contributed by atoms with E-state index in [9.17, 15) is 4.79 Å². The molecule has 0 N–H and O–H groups in total. The third kappa shape index (κ3) is 4.18. The lowest BCUT2D eigenvalue weighted by Crippen LogP contribution is -2.56. The standard InChI is InChI=1S/C31H35N3O/c35-30(26-14-17-32-18-15-26)34-21-16-31(33-19-8-3-9-20-33)22-27(24-10-4-1-5-11-24)29(34)28(23-31)25-12-6-2-7-13-25/h1-2,4-7,10-15,17-18,27-29H,3,8-9,16,19-23H2. The third-order valence-corrected chi connectivity index (χ3v) is 8.87. The number of nitrogens with zero attached hydrogens (tertiary/aromatic N) is 3. The molecule has 4 aliphatic rings. The van der Waals surface area contributed by atoms with Crippen molar-refractivity contribution in [2.24, 2.45) is 0 Å².